The molecule has 34 heavy (non-hydrogen) atoms. The van der Waals surface area contributed by atoms with Crippen LogP contribution in [-0.2, 0) is 6.18 Å². The number of anilines is 3. The largest absolute Gasteiger partial charge is 0.465 e. The lowest BCUT2D eigenvalue weighted by atomic mass is 10.0. The number of piperazine rings is 1. The Morgan fingerprint density at radius 1 is 1.21 bits per heavy atom. The van der Waals surface area contributed by atoms with E-state index in [2.05, 4.69) is 20.3 Å². The van der Waals surface area contributed by atoms with Crippen LogP contribution in [0.3, 0.4) is 0 Å². The molecule has 0 saturated carbocycles. The molecule has 3 aromatic rings. The van der Waals surface area contributed by atoms with Gasteiger partial charge in [0.2, 0.25) is 0 Å². The average molecular weight is 475 g/mol. The number of nitrogens with two attached hydrogens (primary N) is 1. The van der Waals surface area contributed by atoms with Crippen LogP contribution in [0, 0.1) is 0 Å². The summed E-state index contributed by atoms with van der Waals surface area (Å²) in [5.41, 5.74) is 5.85. The van der Waals surface area contributed by atoms with E-state index < -0.39 is 23.9 Å². The van der Waals surface area contributed by atoms with E-state index in [4.69, 9.17) is 5.73 Å². The number of hydrogen-bond donors (Lipinski definition) is 3. The molecule has 0 unspecified atom stereocenters. The third-order valence-electron chi connectivity index (χ3n) is 5.86. The molecule has 1 aliphatic heterocycles. The Morgan fingerprint density at radius 2 is 1.97 bits per heavy atom. The van der Waals surface area contributed by atoms with Gasteiger partial charge in [-0.25, -0.2) is 19.7 Å². The lowest BCUT2D eigenvalue weighted by Gasteiger charge is -2.39. The molecule has 4 N–H and O–H groups in total. The summed E-state index contributed by atoms with van der Waals surface area (Å²) in [6.45, 7) is 4.81. The fourth-order valence-electron chi connectivity index (χ4n) is 4.07. The summed E-state index contributed by atoms with van der Waals surface area (Å²) in [6, 6.07) is 4.64. The van der Waals surface area contributed by atoms with Crippen molar-refractivity contribution in [3.05, 3.63) is 47.9 Å². The standard InChI is InChI=1S/C22H24F3N7O2/c1-12-10-31(21(33)34)3-4-32(12)19-8-17-18(9-27-19)28-11-29-20(17)30-13(2)14-5-15(22(23,24)25)7-16(26)6-14/h5-9,11-13H,3-4,10,26H2,1-2H3,(H,33,34)(H,28,29,30)/t12-,13+/m0/s1. The van der Waals surface area contributed by atoms with Crippen LogP contribution in [0.15, 0.2) is 36.8 Å². The summed E-state index contributed by atoms with van der Waals surface area (Å²) < 4.78 is 39.7. The van der Waals surface area contributed by atoms with Crippen LogP contribution in [0.25, 0.3) is 10.9 Å². The number of aromatic nitrogens is 3. The maximum absolute atomic E-state index is 13.2. The highest BCUT2D eigenvalue weighted by Crippen LogP contribution is 2.34. The summed E-state index contributed by atoms with van der Waals surface area (Å²) >= 11 is 0. The highest BCUT2D eigenvalue weighted by Gasteiger charge is 2.31. The molecular formula is C22H24F3N7O2. The van der Waals surface area contributed by atoms with Crippen molar-refractivity contribution in [2.24, 2.45) is 0 Å². The molecule has 1 fully saturated rings. The monoisotopic (exact) mass is 475 g/mol. The second kappa shape index (κ2) is 8.84. The number of pyridine rings is 1. The molecule has 1 amide bonds. The highest BCUT2D eigenvalue weighted by molar-refractivity contribution is 5.90. The molecule has 0 bridgehead atoms. The normalized spacial score (nSPS) is 17.6. The lowest BCUT2D eigenvalue weighted by molar-refractivity contribution is -0.137. The average Bonchev–Trinajstić information content (AvgIpc) is 2.78. The number of benzene rings is 1. The first-order chi connectivity index (χ1) is 16.0. The van der Waals surface area contributed by atoms with Crippen molar-refractivity contribution in [1.29, 1.82) is 0 Å². The van der Waals surface area contributed by atoms with Gasteiger partial charge in [-0.05, 0) is 43.7 Å². The third-order valence-corrected chi connectivity index (χ3v) is 5.86. The number of halogens is 3. The number of fused-ring (bicyclic) bond motifs is 1. The smallest absolute Gasteiger partial charge is 0.416 e. The van der Waals surface area contributed by atoms with Crippen LogP contribution < -0.4 is 16.0 Å². The van der Waals surface area contributed by atoms with Gasteiger partial charge in [0.05, 0.1) is 23.3 Å². The van der Waals surface area contributed by atoms with Gasteiger partial charge in [-0.3, -0.25) is 0 Å². The van der Waals surface area contributed by atoms with Crippen LogP contribution >= 0.6 is 0 Å². The molecule has 9 nitrogen and oxygen atoms in total. The summed E-state index contributed by atoms with van der Waals surface area (Å²) in [6.07, 6.45) is -2.51. The topological polar surface area (TPSA) is 120 Å². The van der Waals surface area contributed by atoms with Crippen molar-refractivity contribution < 1.29 is 23.1 Å². The van der Waals surface area contributed by atoms with Gasteiger partial charge in [-0.15, -0.1) is 0 Å². The quantitative estimate of drug-likeness (QED) is 0.485. The van der Waals surface area contributed by atoms with Gasteiger partial charge < -0.3 is 26.0 Å². The summed E-state index contributed by atoms with van der Waals surface area (Å²) in [5, 5.41) is 13.1. The number of alkyl halides is 3. The van der Waals surface area contributed by atoms with Crippen molar-refractivity contribution >= 4 is 34.3 Å². The van der Waals surface area contributed by atoms with Crippen molar-refractivity contribution in [3.8, 4) is 0 Å². The minimum absolute atomic E-state index is 0.0204. The zero-order chi connectivity index (χ0) is 24.6. The van der Waals surface area contributed by atoms with Gasteiger partial charge in [0.25, 0.3) is 0 Å². The van der Waals surface area contributed by atoms with Crippen LogP contribution in [0.2, 0.25) is 0 Å². The van der Waals surface area contributed by atoms with Crippen molar-refractivity contribution in [3.63, 3.8) is 0 Å². The van der Waals surface area contributed by atoms with E-state index in [1.54, 1.807) is 19.2 Å². The second-order valence-corrected chi connectivity index (χ2v) is 8.31. The molecule has 4 rings (SSSR count). The number of nitrogen functional groups attached to an aromatic ring is 1. The van der Waals surface area contributed by atoms with E-state index in [0.29, 0.717) is 47.7 Å². The van der Waals surface area contributed by atoms with E-state index in [9.17, 15) is 23.1 Å². The van der Waals surface area contributed by atoms with E-state index in [-0.39, 0.29) is 11.7 Å². The summed E-state index contributed by atoms with van der Waals surface area (Å²) in [7, 11) is 0. The molecule has 0 aliphatic carbocycles. The number of carboxylic acid groups (broad SMARTS) is 1. The fourth-order valence-corrected chi connectivity index (χ4v) is 4.07. The number of hydrogen-bond acceptors (Lipinski definition) is 7. The number of rotatable bonds is 4. The maximum atomic E-state index is 13.2. The zero-order valence-electron chi connectivity index (χ0n) is 18.5. The molecule has 3 heterocycles. The van der Waals surface area contributed by atoms with Crippen LogP contribution in [0.4, 0.5) is 35.3 Å². The Hall–Kier alpha value is -3.83. The zero-order valence-corrected chi connectivity index (χ0v) is 18.5. The molecule has 1 aromatic carbocycles. The molecule has 180 valence electrons. The van der Waals surface area contributed by atoms with Crippen LogP contribution in [0.1, 0.15) is 31.0 Å². The van der Waals surface area contributed by atoms with Gasteiger partial charge in [0.15, 0.2) is 0 Å². The van der Waals surface area contributed by atoms with E-state index in [0.717, 1.165) is 12.1 Å². The van der Waals surface area contributed by atoms with Gasteiger partial charge >= 0.3 is 12.3 Å². The van der Waals surface area contributed by atoms with Crippen LogP contribution in [-0.4, -0.2) is 56.7 Å². The Kier molecular flexibility index (Phi) is 6.07. The molecule has 1 saturated heterocycles. The maximum Gasteiger partial charge on any atom is 0.416 e. The predicted octanol–water partition coefficient (Wildman–Crippen LogP) is 3.99. The number of nitrogens with one attached hydrogen (secondary N) is 1. The fraction of sp³-hybridized carbons (Fsp3) is 0.364. The molecular weight excluding hydrogens is 451 g/mol. The SMILES string of the molecule is C[C@@H](Nc1ncnc2cnc(N3CCN(C(=O)O)C[C@@H]3C)cc12)c1cc(N)cc(C(F)(F)F)c1. The Balaban J connectivity index is 1.63. The minimum Gasteiger partial charge on any atom is -0.465 e. The van der Waals surface area contributed by atoms with E-state index in [1.807, 2.05) is 11.8 Å². The first kappa shape index (κ1) is 23.3. The molecule has 2 atom stereocenters. The molecule has 1 aliphatic rings. The Bertz CT molecular complexity index is 1220. The predicted molar refractivity (Wildman–Crippen MR) is 122 cm³/mol. The molecule has 0 radical (unpaired) electrons. The first-order valence-electron chi connectivity index (χ1n) is 10.6. The Labute approximate surface area is 193 Å². The first-order valence-corrected chi connectivity index (χ1v) is 10.6. The van der Waals surface area contributed by atoms with Gasteiger partial charge in [-0.1, -0.05) is 0 Å². The Morgan fingerprint density at radius 3 is 2.65 bits per heavy atom. The molecule has 12 heteroatoms. The van der Waals surface area contributed by atoms with E-state index in [1.165, 1.54) is 17.3 Å². The lowest BCUT2D eigenvalue weighted by Crippen LogP contribution is -2.53. The van der Waals surface area contributed by atoms with Gasteiger partial charge in [-0.2, -0.15) is 13.2 Å². The second-order valence-electron chi connectivity index (χ2n) is 8.31. The molecule has 0 spiro atoms. The summed E-state index contributed by atoms with van der Waals surface area (Å²) in [5.74, 6) is 1.08. The number of amides is 1. The number of carbonyl (C=O) groups is 1. The third kappa shape index (κ3) is 4.75. The van der Waals surface area contributed by atoms with Crippen molar-refractivity contribution in [2.75, 3.05) is 35.6 Å². The highest BCUT2D eigenvalue weighted by atomic mass is 19.4. The van der Waals surface area contributed by atoms with Gasteiger partial charge in [0.1, 0.15) is 18.0 Å². The summed E-state index contributed by atoms with van der Waals surface area (Å²) in [4.78, 5) is 27.7. The van der Waals surface area contributed by atoms with E-state index >= 15 is 0 Å². The molecule has 2 aromatic heterocycles. The van der Waals surface area contributed by atoms with Crippen molar-refractivity contribution in [2.45, 2.75) is 32.1 Å². The number of nitrogens with zero attached hydrogens (tertiary/aromatic N) is 5. The van der Waals surface area contributed by atoms with Crippen molar-refractivity contribution in [1.82, 2.24) is 19.9 Å². The van der Waals surface area contributed by atoms with Gasteiger partial charge in [0, 0.05) is 36.7 Å². The minimum atomic E-state index is -4.51. The van der Waals surface area contributed by atoms with Crippen LogP contribution in [0.5, 0.6) is 0 Å².